The fraction of sp³-hybridized carbons (Fsp3) is 0.465. The normalized spacial score (nSPS) is 15.1. The molecule has 2 aliphatic heterocycles. The van der Waals surface area contributed by atoms with Gasteiger partial charge in [0.05, 0.1) is 120 Å². The SMILES string of the molecule is O=C1CCC(N2C(=O)c3cccc(NCCOCCOCCOCCOCCOCCOCCOCCOC(=O)c4ccccc4Nc4cccc(C(F)(F)F)c4)c3C2=O)C(=O)N1. The quantitative estimate of drug-likeness (QED) is 0.0508. The number of amides is 4. The standard InChI is InChI=1S/C43H51F3N4O13/c44-43(45,46)30-5-3-6-31(29-30)48-34-9-2-1-7-32(34)42(55)63-28-27-62-26-25-61-24-23-60-22-21-59-20-19-58-18-17-57-16-15-56-14-13-47-35-10-4-8-33-38(35)41(54)50(40(33)53)36-11-12-37(51)49-39(36)52/h1-10,29,36,47-48H,11-28H2,(H,49,51,52). The molecule has 342 valence electrons. The van der Waals surface area contributed by atoms with Gasteiger partial charge in [-0.05, 0) is 48.9 Å². The van der Waals surface area contributed by atoms with E-state index in [0.717, 1.165) is 17.0 Å². The van der Waals surface area contributed by atoms with Crippen LogP contribution < -0.4 is 16.0 Å². The molecule has 0 aromatic heterocycles. The van der Waals surface area contributed by atoms with Gasteiger partial charge in [-0.3, -0.25) is 29.4 Å². The number of benzene rings is 3. The molecule has 1 saturated heterocycles. The van der Waals surface area contributed by atoms with E-state index in [9.17, 15) is 37.1 Å². The number of halogens is 3. The zero-order valence-electron chi connectivity index (χ0n) is 34.5. The summed E-state index contributed by atoms with van der Waals surface area (Å²) in [4.78, 5) is 63.5. The summed E-state index contributed by atoms with van der Waals surface area (Å²) in [5.74, 6) is -2.88. The van der Waals surface area contributed by atoms with Crippen LogP contribution in [-0.4, -0.2) is 146 Å². The molecule has 4 amide bonds. The van der Waals surface area contributed by atoms with E-state index in [1.165, 1.54) is 24.3 Å². The molecule has 0 spiro atoms. The Kier molecular flexibility index (Phi) is 19.7. The van der Waals surface area contributed by atoms with Gasteiger partial charge in [-0.1, -0.05) is 24.3 Å². The van der Waals surface area contributed by atoms with E-state index < -0.39 is 47.4 Å². The van der Waals surface area contributed by atoms with Crippen LogP contribution in [0.4, 0.5) is 30.2 Å². The highest BCUT2D eigenvalue weighted by atomic mass is 19.4. The second-order valence-corrected chi connectivity index (χ2v) is 13.8. The second kappa shape index (κ2) is 25.6. The van der Waals surface area contributed by atoms with Crippen molar-refractivity contribution < 1.29 is 75.0 Å². The number of carbonyl (C=O) groups excluding carboxylic acids is 5. The Morgan fingerprint density at radius 1 is 0.651 bits per heavy atom. The predicted molar refractivity (Wildman–Crippen MR) is 219 cm³/mol. The number of nitrogens with one attached hydrogen (secondary N) is 3. The van der Waals surface area contributed by atoms with Crippen molar-refractivity contribution in [2.24, 2.45) is 0 Å². The first-order valence-electron chi connectivity index (χ1n) is 20.4. The molecule has 0 radical (unpaired) electrons. The van der Waals surface area contributed by atoms with Crippen molar-refractivity contribution in [2.45, 2.75) is 25.1 Å². The van der Waals surface area contributed by atoms with Crippen molar-refractivity contribution in [1.82, 2.24) is 10.2 Å². The number of ether oxygens (including phenoxy) is 8. The average molecular weight is 889 g/mol. The van der Waals surface area contributed by atoms with Crippen LogP contribution in [0.25, 0.3) is 0 Å². The number of esters is 1. The molecule has 20 heteroatoms. The van der Waals surface area contributed by atoms with Gasteiger partial charge >= 0.3 is 12.1 Å². The molecule has 0 aliphatic carbocycles. The topological polar surface area (TPSA) is 199 Å². The molecule has 63 heavy (non-hydrogen) atoms. The lowest BCUT2D eigenvalue weighted by Gasteiger charge is -2.27. The van der Waals surface area contributed by atoms with Crippen molar-refractivity contribution in [3.05, 3.63) is 89.0 Å². The number of hydrogen-bond acceptors (Lipinski definition) is 15. The van der Waals surface area contributed by atoms with Crippen molar-refractivity contribution in [3.8, 4) is 0 Å². The molecule has 3 aromatic rings. The molecule has 2 aliphatic rings. The van der Waals surface area contributed by atoms with Gasteiger partial charge in [0.25, 0.3) is 11.8 Å². The number of rotatable bonds is 29. The van der Waals surface area contributed by atoms with E-state index in [1.807, 2.05) is 0 Å². The number of alkyl halides is 3. The lowest BCUT2D eigenvalue weighted by Crippen LogP contribution is -2.54. The number of imide groups is 2. The fourth-order valence-electron chi connectivity index (χ4n) is 6.31. The third-order valence-corrected chi connectivity index (χ3v) is 9.34. The summed E-state index contributed by atoms with van der Waals surface area (Å²) in [5, 5.41) is 8.16. The first kappa shape index (κ1) is 48.6. The van der Waals surface area contributed by atoms with Crippen LogP contribution in [0.15, 0.2) is 66.7 Å². The Morgan fingerprint density at radius 2 is 1.19 bits per heavy atom. The van der Waals surface area contributed by atoms with Gasteiger partial charge in [0.1, 0.15) is 12.6 Å². The molecule has 1 atom stereocenters. The van der Waals surface area contributed by atoms with Crippen molar-refractivity contribution >= 4 is 46.7 Å². The minimum atomic E-state index is -4.49. The summed E-state index contributed by atoms with van der Waals surface area (Å²) in [7, 11) is 0. The smallest absolute Gasteiger partial charge is 0.416 e. The summed E-state index contributed by atoms with van der Waals surface area (Å²) < 4.78 is 82.9. The van der Waals surface area contributed by atoms with Gasteiger partial charge in [-0.2, -0.15) is 13.2 Å². The number of carbonyl (C=O) groups is 5. The Bertz CT molecular complexity index is 1990. The first-order chi connectivity index (χ1) is 30.5. The molecule has 0 saturated carbocycles. The van der Waals surface area contributed by atoms with Crippen molar-refractivity contribution in [2.75, 3.05) is 116 Å². The molecule has 5 rings (SSSR count). The Hall–Kier alpha value is -5.48. The lowest BCUT2D eigenvalue weighted by atomic mass is 10.0. The maximum atomic E-state index is 13.2. The van der Waals surface area contributed by atoms with Crippen LogP contribution in [0.1, 0.15) is 49.5 Å². The molecular formula is C43H51F3N4O13. The number of anilines is 3. The van der Waals surface area contributed by atoms with Crippen LogP contribution in [-0.2, 0) is 53.7 Å². The van der Waals surface area contributed by atoms with Crippen molar-refractivity contribution in [3.63, 3.8) is 0 Å². The number of piperidine rings is 1. The summed E-state index contributed by atoms with van der Waals surface area (Å²) in [6.45, 7) is 5.12. The molecule has 2 heterocycles. The average Bonchev–Trinajstić information content (AvgIpc) is 3.52. The van der Waals surface area contributed by atoms with Gasteiger partial charge in [0, 0.05) is 24.3 Å². The van der Waals surface area contributed by atoms with Gasteiger partial charge < -0.3 is 48.5 Å². The van der Waals surface area contributed by atoms with Gasteiger partial charge in [-0.15, -0.1) is 0 Å². The van der Waals surface area contributed by atoms with Crippen LogP contribution in [0.5, 0.6) is 0 Å². The van der Waals surface area contributed by atoms with Crippen molar-refractivity contribution in [1.29, 1.82) is 0 Å². The third kappa shape index (κ3) is 15.4. The maximum Gasteiger partial charge on any atom is 0.416 e. The van der Waals surface area contributed by atoms with Gasteiger partial charge in [-0.25, -0.2) is 4.79 Å². The Morgan fingerprint density at radius 3 is 1.78 bits per heavy atom. The minimum Gasteiger partial charge on any atom is -0.460 e. The maximum absolute atomic E-state index is 13.2. The lowest BCUT2D eigenvalue weighted by molar-refractivity contribution is -0.138. The van der Waals surface area contributed by atoms with E-state index in [1.54, 1.807) is 30.3 Å². The molecule has 3 aromatic carbocycles. The van der Waals surface area contributed by atoms with Gasteiger partial charge in [0.2, 0.25) is 11.8 Å². The van der Waals surface area contributed by atoms with Crippen LogP contribution >= 0.6 is 0 Å². The van der Waals surface area contributed by atoms with Gasteiger partial charge in [0.15, 0.2) is 0 Å². The molecule has 1 fully saturated rings. The first-order valence-corrected chi connectivity index (χ1v) is 20.4. The summed E-state index contributed by atoms with van der Waals surface area (Å²) in [6, 6.07) is 14.9. The molecule has 3 N–H and O–H groups in total. The highest BCUT2D eigenvalue weighted by Crippen LogP contribution is 2.33. The Labute approximate surface area is 361 Å². The highest BCUT2D eigenvalue weighted by Gasteiger charge is 2.45. The highest BCUT2D eigenvalue weighted by molar-refractivity contribution is 6.25. The number of hydrogen-bond donors (Lipinski definition) is 3. The number of para-hydroxylation sites is 1. The number of fused-ring (bicyclic) bond motifs is 1. The minimum absolute atomic E-state index is 0.0231. The molecular weight excluding hydrogens is 837 g/mol. The van der Waals surface area contributed by atoms with E-state index >= 15 is 0 Å². The van der Waals surface area contributed by atoms with E-state index in [4.69, 9.17) is 37.9 Å². The molecule has 1 unspecified atom stereocenters. The summed E-state index contributed by atoms with van der Waals surface area (Å²) in [6.07, 6.45) is -4.36. The summed E-state index contributed by atoms with van der Waals surface area (Å²) >= 11 is 0. The Balaban J connectivity index is 0.771. The van der Waals surface area contributed by atoms with E-state index in [2.05, 4.69) is 16.0 Å². The third-order valence-electron chi connectivity index (χ3n) is 9.34. The summed E-state index contributed by atoms with van der Waals surface area (Å²) in [5.41, 5.74) is 0.700. The van der Waals surface area contributed by atoms with Crippen LogP contribution in [0.2, 0.25) is 0 Å². The second-order valence-electron chi connectivity index (χ2n) is 13.8. The van der Waals surface area contributed by atoms with E-state index in [-0.39, 0.29) is 55.0 Å². The molecule has 17 nitrogen and oxygen atoms in total. The van der Waals surface area contributed by atoms with Crippen LogP contribution in [0, 0.1) is 0 Å². The predicted octanol–water partition coefficient (Wildman–Crippen LogP) is 4.24. The largest absolute Gasteiger partial charge is 0.460 e. The monoisotopic (exact) mass is 888 g/mol. The zero-order valence-corrected chi connectivity index (χ0v) is 34.5. The zero-order chi connectivity index (χ0) is 44.9. The fourth-order valence-corrected chi connectivity index (χ4v) is 6.31. The molecule has 0 bridgehead atoms. The number of nitrogens with zero attached hydrogens (tertiary/aromatic N) is 1. The van der Waals surface area contributed by atoms with E-state index in [0.29, 0.717) is 97.2 Å². The van der Waals surface area contributed by atoms with Crippen LogP contribution in [0.3, 0.4) is 0 Å².